The average molecular weight is 287 g/mol. The van der Waals surface area contributed by atoms with Gasteiger partial charge in [-0.05, 0) is 32.4 Å². The minimum absolute atomic E-state index is 0.120. The predicted octanol–water partition coefficient (Wildman–Crippen LogP) is 2.11. The summed E-state index contributed by atoms with van der Waals surface area (Å²) >= 11 is 0. The smallest absolute Gasteiger partial charge is 0.258 e. The van der Waals surface area contributed by atoms with Crippen LogP contribution in [0.1, 0.15) is 32.5 Å². The number of nitrogens with one attached hydrogen (secondary N) is 1. The summed E-state index contributed by atoms with van der Waals surface area (Å²) in [5.41, 5.74) is 0.581. The first-order chi connectivity index (χ1) is 10.2. The number of aromatic amines is 1. The van der Waals surface area contributed by atoms with Crippen LogP contribution in [0.2, 0.25) is 0 Å². The highest BCUT2D eigenvalue weighted by molar-refractivity contribution is 5.77. The summed E-state index contributed by atoms with van der Waals surface area (Å²) < 4.78 is 0. The summed E-state index contributed by atoms with van der Waals surface area (Å²) in [5, 5.41) is 0.598. The van der Waals surface area contributed by atoms with Gasteiger partial charge in [-0.15, -0.1) is 0 Å². The summed E-state index contributed by atoms with van der Waals surface area (Å²) in [4.78, 5) is 32.9. The number of carbonyl (C=O) groups excluding carboxylic acids is 1. The van der Waals surface area contributed by atoms with Crippen LogP contribution in [-0.4, -0.2) is 33.9 Å². The van der Waals surface area contributed by atoms with Gasteiger partial charge in [0.05, 0.1) is 10.9 Å². The number of nitrogens with zero attached hydrogens (tertiary/aromatic N) is 2. The van der Waals surface area contributed by atoms with Gasteiger partial charge in [0.15, 0.2) is 0 Å². The van der Waals surface area contributed by atoms with Crippen LogP contribution in [0, 0.1) is 0 Å². The molecule has 1 amide bonds. The zero-order valence-electron chi connectivity index (χ0n) is 12.6. The van der Waals surface area contributed by atoms with E-state index in [2.05, 4.69) is 9.97 Å². The van der Waals surface area contributed by atoms with Crippen molar-refractivity contribution in [1.82, 2.24) is 14.9 Å². The number of hydrogen-bond acceptors (Lipinski definition) is 3. The Labute approximate surface area is 124 Å². The molecule has 1 aromatic carbocycles. The van der Waals surface area contributed by atoms with E-state index in [4.69, 9.17) is 0 Å². The average Bonchev–Trinajstić information content (AvgIpc) is 2.48. The van der Waals surface area contributed by atoms with E-state index in [0.29, 0.717) is 36.0 Å². The number of amides is 1. The van der Waals surface area contributed by atoms with Gasteiger partial charge in [0.2, 0.25) is 5.91 Å². The molecule has 1 heterocycles. The SMILES string of the molecule is CCN(CC)C(=O)CCCc1nc2ccccc2c(=O)[nH]1. The molecule has 2 aromatic rings. The Bertz CT molecular complexity index is 675. The van der Waals surface area contributed by atoms with E-state index < -0.39 is 0 Å². The van der Waals surface area contributed by atoms with Crippen LogP contribution in [0.25, 0.3) is 10.9 Å². The zero-order valence-corrected chi connectivity index (χ0v) is 12.6. The van der Waals surface area contributed by atoms with Crippen molar-refractivity contribution in [3.8, 4) is 0 Å². The lowest BCUT2D eigenvalue weighted by molar-refractivity contribution is -0.130. The quantitative estimate of drug-likeness (QED) is 0.885. The molecule has 1 N–H and O–H groups in total. The molecule has 21 heavy (non-hydrogen) atoms. The maximum atomic E-state index is 11.9. The van der Waals surface area contributed by atoms with E-state index in [0.717, 1.165) is 13.1 Å². The van der Waals surface area contributed by atoms with Crippen molar-refractivity contribution in [3.05, 3.63) is 40.4 Å². The van der Waals surface area contributed by atoms with Gasteiger partial charge in [0.25, 0.3) is 5.56 Å². The molecule has 2 rings (SSSR count). The number of fused-ring (bicyclic) bond motifs is 1. The van der Waals surface area contributed by atoms with Crippen molar-refractivity contribution in [1.29, 1.82) is 0 Å². The van der Waals surface area contributed by atoms with E-state index in [1.165, 1.54) is 0 Å². The number of benzene rings is 1. The fraction of sp³-hybridized carbons (Fsp3) is 0.438. The number of aryl methyl sites for hydroxylation is 1. The van der Waals surface area contributed by atoms with Crippen LogP contribution >= 0.6 is 0 Å². The lowest BCUT2D eigenvalue weighted by Crippen LogP contribution is -2.30. The molecule has 0 bridgehead atoms. The topological polar surface area (TPSA) is 66.1 Å². The Morgan fingerprint density at radius 1 is 1.24 bits per heavy atom. The molecule has 0 fully saturated rings. The van der Waals surface area contributed by atoms with Gasteiger partial charge < -0.3 is 9.88 Å². The molecule has 0 saturated carbocycles. The molecule has 0 aliphatic carbocycles. The van der Waals surface area contributed by atoms with Gasteiger partial charge in [-0.2, -0.15) is 0 Å². The Balaban J connectivity index is 2.01. The first kappa shape index (κ1) is 15.2. The summed E-state index contributed by atoms with van der Waals surface area (Å²) in [6, 6.07) is 7.27. The molecule has 0 atom stereocenters. The monoisotopic (exact) mass is 287 g/mol. The molecule has 5 nitrogen and oxygen atoms in total. The zero-order chi connectivity index (χ0) is 15.2. The normalized spacial score (nSPS) is 10.8. The van der Waals surface area contributed by atoms with Gasteiger partial charge in [-0.25, -0.2) is 4.98 Å². The lowest BCUT2D eigenvalue weighted by Gasteiger charge is -2.18. The lowest BCUT2D eigenvalue weighted by atomic mass is 10.2. The van der Waals surface area contributed by atoms with E-state index in [-0.39, 0.29) is 11.5 Å². The Kier molecular flexibility index (Phi) is 5.09. The van der Waals surface area contributed by atoms with Gasteiger partial charge >= 0.3 is 0 Å². The number of rotatable bonds is 6. The van der Waals surface area contributed by atoms with E-state index in [1.807, 2.05) is 36.9 Å². The Hall–Kier alpha value is -2.17. The second-order valence-corrected chi connectivity index (χ2v) is 4.95. The third-order valence-corrected chi connectivity index (χ3v) is 3.58. The maximum absolute atomic E-state index is 11.9. The van der Waals surface area contributed by atoms with Crippen LogP contribution in [0.5, 0.6) is 0 Å². The second kappa shape index (κ2) is 7.02. The van der Waals surface area contributed by atoms with Crippen molar-refractivity contribution in [3.63, 3.8) is 0 Å². The highest BCUT2D eigenvalue weighted by atomic mass is 16.2. The first-order valence-corrected chi connectivity index (χ1v) is 7.41. The Morgan fingerprint density at radius 2 is 1.95 bits per heavy atom. The molecule has 112 valence electrons. The highest BCUT2D eigenvalue weighted by Crippen LogP contribution is 2.08. The maximum Gasteiger partial charge on any atom is 0.258 e. The third kappa shape index (κ3) is 3.68. The van der Waals surface area contributed by atoms with Crippen LogP contribution in [0.3, 0.4) is 0 Å². The minimum Gasteiger partial charge on any atom is -0.343 e. The van der Waals surface area contributed by atoms with Crippen LogP contribution in [0.15, 0.2) is 29.1 Å². The predicted molar refractivity (Wildman–Crippen MR) is 83.2 cm³/mol. The fourth-order valence-electron chi connectivity index (χ4n) is 2.39. The Morgan fingerprint density at radius 3 is 2.67 bits per heavy atom. The molecule has 0 aliphatic rings. The molecule has 1 aromatic heterocycles. The number of aromatic nitrogens is 2. The second-order valence-electron chi connectivity index (χ2n) is 4.95. The van der Waals surface area contributed by atoms with E-state index in [9.17, 15) is 9.59 Å². The number of hydrogen-bond donors (Lipinski definition) is 1. The highest BCUT2D eigenvalue weighted by Gasteiger charge is 2.09. The van der Waals surface area contributed by atoms with Crippen molar-refractivity contribution < 1.29 is 4.79 Å². The number of para-hydroxylation sites is 1. The third-order valence-electron chi connectivity index (χ3n) is 3.58. The van der Waals surface area contributed by atoms with Crippen molar-refractivity contribution in [2.75, 3.05) is 13.1 Å². The van der Waals surface area contributed by atoms with Crippen LogP contribution in [0.4, 0.5) is 0 Å². The molecule has 0 saturated heterocycles. The first-order valence-electron chi connectivity index (χ1n) is 7.41. The van der Waals surface area contributed by atoms with Crippen molar-refractivity contribution in [2.45, 2.75) is 33.1 Å². The largest absolute Gasteiger partial charge is 0.343 e. The molecule has 0 radical (unpaired) electrons. The van der Waals surface area contributed by atoms with Gasteiger partial charge in [0, 0.05) is 25.9 Å². The van der Waals surface area contributed by atoms with E-state index >= 15 is 0 Å². The standard InChI is InChI=1S/C16H21N3O2/c1-3-19(4-2)15(20)11-7-10-14-17-13-9-6-5-8-12(13)16(21)18-14/h5-6,8-9H,3-4,7,10-11H2,1-2H3,(H,17,18,21). The molecular formula is C16H21N3O2. The summed E-state index contributed by atoms with van der Waals surface area (Å²) in [6.07, 6.45) is 1.78. The fourth-order valence-corrected chi connectivity index (χ4v) is 2.39. The summed E-state index contributed by atoms with van der Waals surface area (Å²) in [7, 11) is 0. The van der Waals surface area contributed by atoms with Gasteiger partial charge in [-0.1, -0.05) is 12.1 Å². The molecule has 0 aliphatic heterocycles. The number of carbonyl (C=O) groups is 1. The summed E-state index contributed by atoms with van der Waals surface area (Å²) in [5.74, 6) is 0.800. The van der Waals surface area contributed by atoms with Crippen LogP contribution < -0.4 is 5.56 Å². The van der Waals surface area contributed by atoms with Gasteiger partial charge in [0.1, 0.15) is 5.82 Å². The summed E-state index contributed by atoms with van der Waals surface area (Å²) in [6.45, 7) is 5.42. The number of H-pyrrole nitrogens is 1. The molecule has 0 spiro atoms. The molecule has 0 unspecified atom stereocenters. The van der Waals surface area contributed by atoms with Crippen molar-refractivity contribution in [2.24, 2.45) is 0 Å². The van der Waals surface area contributed by atoms with Gasteiger partial charge in [-0.3, -0.25) is 9.59 Å². The van der Waals surface area contributed by atoms with Crippen LogP contribution in [-0.2, 0) is 11.2 Å². The molecular weight excluding hydrogens is 266 g/mol. The molecule has 5 heteroatoms. The van der Waals surface area contributed by atoms with E-state index in [1.54, 1.807) is 6.07 Å². The van der Waals surface area contributed by atoms with Crippen molar-refractivity contribution >= 4 is 16.8 Å². The minimum atomic E-state index is -0.120.